The molecule has 0 saturated carbocycles. The Morgan fingerprint density at radius 2 is 2.05 bits per heavy atom. The number of fused-ring (bicyclic) bond motifs is 3. The van der Waals surface area contributed by atoms with Crippen molar-refractivity contribution in [2.24, 2.45) is 15.7 Å². The fourth-order valence-electron chi connectivity index (χ4n) is 2.87. The first-order valence-corrected chi connectivity index (χ1v) is 6.56. The molecule has 3 heterocycles. The van der Waals surface area contributed by atoms with Crippen molar-refractivity contribution in [3.8, 4) is 0 Å². The zero-order valence-corrected chi connectivity index (χ0v) is 11.0. The number of guanidine groups is 1. The standard InChI is InChI=1S/C15H14N4O/c1-8-6-7-11(20-8)13-12-9-4-2-3-5-10(9)17-14(12)19-15(16)18-13/h2-7,12-13H,1H3,(H3,16,17,18,19)/t12-,13-/m1/s1. The second-order valence-corrected chi connectivity index (χ2v) is 5.07. The molecule has 0 saturated heterocycles. The summed E-state index contributed by atoms with van der Waals surface area (Å²) in [6.45, 7) is 1.93. The largest absolute Gasteiger partial charge is 0.464 e. The highest BCUT2D eigenvalue weighted by Crippen LogP contribution is 2.44. The number of amidine groups is 1. The molecule has 0 spiro atoms. The third-order valence-electron chi connectivity index (χ3n) is 3.73. The summed E-state index contributed by atoms with van der Waals surface area (Å²) in [5.74, 6) is 2.87. The second-order valence-electron chi connectivity index (χ2n) is 5.07. The Kier molecular flexibility index (Phi) is 2.24. The maximum atomic E-state index is 5.84. The van der Waals surface area contributed by atoms with E-state index in [2.05, 4.69) is 21.4 Å². The number of benzene rings is 1. The zero-order valence-electron chi connectivity index (χ0n) is 11.0. The number of hydrogen-bond acceptors (Lipinski definition) is 5. The lowest BCUT2D eigenvalue weighted by Gasteiger charge is -2.22. The summed E-state index contributed by atoms with van der Waals surface area (Å²) in [6, 6.07) is 11.9. The highest BCUT2D eigenvalue weighted by molar-refractivity contribution is 6.12. The average molecular weight is 266 g/mol. The molecule has 2 aliphatic rings. The zero-order chi connectivity index (χ0) is 13.7. The lowest BCUT2D eigenvalue weighted by atomic mass is 9.90. The minimum Gasteiger partial charge on any atom is -0.464 e. The van der Waals surface area contributed by atoms with Crippen LogP contribution < -0.4 is 11.1 Å². The van der Waals surface area contributed by atoms with Crippen molar-refractivity contribution in [3.63, 3.8) is 0 Å². The first kappa shape index (κ1) is 11.3. The van der Waals surface area contributed by atoms with Gasteiger partial charge in [-0.15, -0.1) is 0 Å². The molecule has 3 N–H and O–H groups in total. The smallest absolute Gasteiger partial charge is 0.217 e. The number of nitrogens with zero attached hydrogens (tertiary/aromatic N) is 2. The fraction of sp³-hybridized carbons (Fsp3) is 0.200. The Morgan fingerprint density at radius 3 is 2.85 bits per heavy atom. The van der Waals surface area contributed by atoms with Crippen LogP contribution in [0.15, 0.2) is 50.8 Å². The Bertz CT molecular complexity index is 744. The van der Waals surface area contributed by atoms with Crippen molar-refractivity contribution >= 4 is 17.5 Å². The number of nitrogens with one attached hydrogen (secondary N) is 1. The second kappa shape index (κ2) is 3.96. The molecule has 0 bridgehead atoms. The molecule has 0 amide bonds. The number of anilines is 1. The van der Waals surface area contributed by atoms with Crippen molar-refractivity contribution in [1.29, 1.82) is 0 Å². The molecule has 100 valence electrons. The van der Waals surface area contributed by atoms with Gasteiger partial charge in [0.15, 0.2) is 0 Å². The molecule has 2 atom stereocenters. The third kappa shape index (κ3) is 1.56. The molecular formula is C15H14N4O. The van der Waals surface area contributed by atoms with Gasteiger partial charge < -0.3 is 15.5 Å². The molecule has 1 aromatic carbocycles. The van der Waals surface area contributed by atoms with E-state index in [4.69, 9.17) is 10.2 Å². The fourth-order valence-corrected chi connectivity index (χ4v) is 2.87. The molecule has 0 fully saturated rings. The van der Waals surface area contributed by atoms with Crippen LogP contribution in [0.5, 0.6) is 0 Å². The SMILES string of the molecule is Cc1ccc([C@H]2N=C(N)N=C3Nc4ccccc4[C@@H]32)o1. The summed E-state index contributed by atoms with van der Waals surface area (Å²) < 4.78 is 5.75. The van der Waals surface area contributed by atoms with Gasteiger partial charge in [-0.1, -0.05) is 18.2 Å². The molecule has 4 rings (SSSR count). The third-order valence-corrected chi connectivity index (χ3v) is 3.73. The molecule has 5 heteroatoms. The van der Waals surface area contributed by atoms with E-state index in [1.165, 1.54) is 5.56 Å². The Morgan fingerprint density at radius 1 is 1.20 bits per heavy atom. The van der Waals surface area contributed by atoms with E-state index in [1.54, 1.807) is 0 Å². The van der Waals surface area contributed by atoms with Gasteiger partial charge in [0.25, 0.3) is 0 Å². The predicted octanol–water partition coefficient (Wildman–Crippen LogP) is 2.57. The van der Waals surface area contributed by atoms with Crippen LogP contribution in [-0.2, 0) is 0 Å². The minimum absolute atomic E-state index is 0.0454. The van der Waals surface area contributed by atoms with Crippen LogP contribution in [0.25, 0.3) is 0 Å². The maximum absolute atomic E-state index is 5.84. The van der Waals surface area contributed by atoms with Crippen LogP contribution in [0.4, 0.5) is 5.69 Å². The molecule has 20 heavy (non-hydrogen) atoms. The molecular weight excluding hydrogens is 252 g/mol. The number of para-hydroxylation sites is 1. The van der Waals surface area contributed by atoms with Gasteiger partial charge in [0, 0.05) is 5.69 Å². The van der Waals surface area contributed by atoms with Crippen LogP contribution >= 0.6 is 0 Å². The average Bonchev–Trinajstić information content (AvgIpc) is 3.00. The highest BCUT2D eigenvalue weighted by Gasteiger charge is 2.39. The summed E-state index contributed by atoms with van der Waals surface area (Å²) >= 11 is 0. The van der Waals surface area contributed by atoms with E-state index in [9.17, 15) is 0 Å². The van der Waals surface area contributed by atoms with Gasteiger partial charge in [-0.3, -0.25) is 0 Å². The number of nitrogens with two attached hydrogens (primary N) is 1. The summed E-state index contributed by atoms with van der Waals surface area (Å²) in [6.07, 6.45) is 0. The van der Waals surface area contributed by atoms with Crippen molar-refractivity contribution in [3.05, 3.63) is 53.5 Å². The van der Waals surface area contributed by atoms with Crippen molar-refractivity contribution in [2.75, 3.05) is 5.32 Å². The van der Waals surface area contributed by atoms with Gasteiger partial charge in [-0.2, -0.15) is 4.99 Å². The molecule has 0 unspecified atom stereocenters. The van der Waals surface area contributed by atoms with Crippen molar-refractivity contribution < 1.29 is 4.42 Å². The summed E-state index contributed by atoms with van der Waals surface area (Å²) in [5.41, 5.74) is 8.09. The number of hydrogen-bond donors (Lipinski definition) is 2. The van der Waals surface area contributed by atoms with E-state index in [-0.39, 0.29) is 17.9 Å². The minimum atomic E-state index is -0.160. The van der Waals surface area contributed by atoms with Gasteiger partial charge in [-0.25, -0.2) is 4.99 Å². The van der Waals surface area contributed by atoms with Gasteiger partial charge >= 0.3 is 0 Å². The molecule has 0 radical (unpaired) electrons. The number of aryl methyl sites for hydroxylation is 1. The lowest BCUT2D eigenvalue weighted by molar-refractivity contribution is 0.437. The van der Waals surface area contributed by atoms with E-state index in [0.29, 0.717) is 0 Å². The lowest BCUT2D eigenvalue weighted by Crippen LogP contribution is -2.28. The molecule has 1 aromatic heterocycles. The van der Waals surface area contributed by atoms with E-state index in [0.717, 1.165) is 23.0 Å². The quantitative estimate of drug-likeness (QED) is 0.832. The first-order valence-electron chi connectivity index (χ1n) is 6.56. The molecule has 0 aliphatic carbocycles. The van der Waals surface area contributed by atoms with Crippen molar-refractivity contribution in [2.45, 2.75) is 18.9 Å². The number of furan rings is 1. The highest BCUT2D eigenvalue weighted by atomic mass is 16.3. The van der Waals surface area contributed by atoms with Crippen LogP contribution in [0.2, 0.25) is 0 Å². The number of aliphatic imine (C=N–C) groups is 2. The Hall–Kier alpha value is -2.56. The van der Waals surface area contributed by atoms with E-state index in [1.807, 2.05) is 37.3 Å². The molecule has 2 aliphatic heterocycles. The van der Waals surface area contributed by atoms with Crippen LogP contribution in [0.3, 0.4) is 0 Å². The first-order chi connectivity index (χ1) is 9.72. The van der Waals surface area contributed by atoms with Gasteiger partial charge in [0.2, 0.25) is 5.96 Å². The van der Waals surface area contributed by atoms with E-state index < -0.39 is 0 Å². The topological polar surface area (TPSA) is 75.9 Å². The molecule has 2 aromatic rings. The van der Waals surface area contributed by atoms with Crippen LogP contribution in [0.1, 0.15) is 29.0 Å². The monoisotopic (exact) mass is 266 g/mol. The van der Waals surface area contributed by atoms with Gasteiger partial charge in [0.05, 0.1) is 5.92 Å². The summed E-state index contributed by atoms with van der Waals surface area (Å²) in [7, 11) is 0. The Balaban J connectivity index is 1.85. The summed E-state index contributed by atoms with van der Waals surface area (Å²) in [4.78, 5) is 8.81. The normalized spacial score (nSPS) is 23.4. The van der Waals surface area contributed by atoms with Gasteiger partial charge in [0.1, 0.15) is 23.4 Å². The molecule has 5 nitrogen and oxygen atoms in total. The van der Waals surface area contributed by atoms with Crippen molar-refractivity contribution in [1.82, 2.24) is 0 Å². The van der Waals surface area contributed by atoms with Crippen LogP contribution in [0, 0.1) is 6.92 Å². The maximum Gasteiger partial charge on any atom is 0.217 e. The van der Waals surface area contributed by atoms with E-state index >= 15 is 0 Å². The number of rotatable bonds is 1. The van der Waals surface area contributed by atoms with Crippen LogP contribution in [-0.4, -0.2) is 11.8 Å². The summed E-state index contributed by atoms with van der Waals surface area (Å²) in [5, 5.41) is 3.32. The Labute approximate surface area is 116 Å². The predicted molar refractivity (Wildman–Crippen MR) is 78.0 cm³/mol. The van der Waals surface area contributed by atoms with Gasteiger partial charge in [-0.05, 0) is 30.7 Å².